The van der Waals surface area contributed by atoms with Crippen LogP contribution in [0.25, 0.3) is 0 Å². The van der Waals surface area contributed by atoms with Crippen molar-refractivity contribution >= 4 is 0 Å². The van der Waals surface area contributed by atoms with E-state index >= 15 is 0 Å². The highest BCUT2D eigenvalue weighted by Crippen LogP contribution is 2.25. The first kappa shape index (κ1) is 9.99. The van der Waals surface area contributed by atoms with Gasteiger partial charge in [-0.1, -0.05) is 0 Å². The summed E-state index contributed by atoms with van der Waals surface area (Å²) >= 11 is 0. The zero-order valence-corrected chi connectivity index (χ0v) is 8.45. The number of ether oxygens (including phenoxy) is 2. The molecular weight excluding hydrogens is 180 g/mol. The number of aliphatic hydroxyl groups is 1. The van der Waals surface area contributed by atoms with Crippen LogP contribution in [0.5, 0.6) is 0 Å². The molecule has 2 heterocycles. The maximum atomic E-state index is 10.0. The third-order valence-corrected chi connectivity index (χ3v) is 2.97. The second-order valence-corrected chi connectivity index (χ2v) is 3.99. The van der Waals surface area contributed by atoms with Gasteiger partial charge in [0.05, 0.1) is 6.61 Å². The van der Waals surface area contributed by atoms with E-state index in [1.165, 1.54) is 0 Å². The van der Waals surface area contributed by atoms with Crippen molar-refractivity contribution in [3.8, 4) is 0 Å². The Balaban J connectivity index is 1.91. The van der Waals surface area contributed by atoms with Crippen molar-refractivity contribution in [2.24, 2.45) is 5.92 Å². The van der Waals surface area contributed by atoms with Gasteiger partial charge < -0.3 is 14.6 Å². The van der Waals surface area contributed by atoms with Gasteiger partial charge >= 0.3 is 0 Å². The van der Waals surface area contributed by atoms with Gasteiger partial charge in [0.25, 0.3) is 0 Å². The van der Waals surface area contributed by atoms with E-state index in [9.17, 15) is 5.11 Å². The van der Waals surface area contributed by atoms with Gasteiger partial charge in [0.15, 0.2) is 0 Å². The van der Waals surface area contributed by atoms with Crippen molar-refractivity contribution in [2.75, 3.05) is 19.8 Å². The molecule has 0 bridgehead atoms. The lowest BCUT2D eigenvalue weighted by atomic mass is 9.92. The lowest BCUT2D eigenvalue weighted by Gasteiger charge is -2.29. The highest BCUT2D eigenvalue weighted by Gasteiger charge is 2.26. The topological polar surface area (TPSA) is 38.7 Å². The lowest BCUT2D eigenvalue weighted by Crippen LogP contribution is -2.30. The van der Waals surface area contributed by atoms with Gasteiger partial charge in [-0.15, -0.1) is 0 Å². The number of aliphatic hydroxyl groups excluding tert-OH is 1. The minimum Gasteiger partial charge on any atom is -0.495 e. The molecule has 0 aromatic rings. The first-order chi connectivity index (χ1) is 6.88. The van der Waals surface area contributed by atoms with E-state index in [1.807, 2.05) is 6.08 Å². The number of hydrogen-bond acceptors (Lipinski definition) is 3. The van der Waals surface area contributed by atoms with Crippen LogP contribution in [0.15, 0.2) is 11.8 Å². The standard InChI is InChI=1S/C11H18O3/c12-11(9-4-7-13-8-5-9)10-3-1-2-6-14-10/h3,9,11-12H,1-2,4-8H2. The predicted octanol–water partition coefficient (Wildman–Crippen LogP) is 1.47. The predicted molar refractivity (Wildman–Crippen MR) is 52.8 cm³/mol. The molecule has 2 rings (SSSR count). The molecular formula is C11H18O3. The molecule has 0 aromatic carbocycles. The van der Waals surface area contributed by atoms with Crippen molar-refractivity contribution in [3.05, 3.63) is 11.8 Å². The normalized spacial score (nSPS) is 26.5. The molecule has 1 unspecified atom stereocenters. The summed E-state index contributed by atoms with van der Waals surface area (Å²) in [6.07, 6.45) is 5.63. The summed E-state index contributed by atoms with van der Waals surface area (Å²) in [4.78, 5) is 0. The van der Waals surface area contributed by atoms with E-state index in [-0.39, 0.29) is 0 Å². The van der Waals surface area contributed by atoms with Crippen LogP contribution in [0.3, 0.4) is 0 Å². The number of rotatable bonds is 2. The van der Waals surface area contributed by atoms with Crippen LogP contribution in [0.1, 0.15) is 25.7 Å². The molecule has 0 saturated carbocycles. The SMILES string of the molecule is OC(C1=CCCCO1)C1CCOCC1. The summed E-state index contributed by atoms with van der Waals surface area (Å²) in [6, 6.07) is 0. The highest BCUT2D eigenvalue weighted by molar-refractivity contribution is 5.04. The van der Waals surface area contributed by atoms with Crippen molar-refractivity contribution in [2.45, 2.75) is 31.8 Å². The van der Waals surface area contributed by atoms with Crippen LogP contribution in [0.4, 0.5) is 0 Å². The molecule has 2 aliphatic heterocycles. The van der Waals surface area contributed by atoms with Gasteiger partial charge in [0.1, 0.15) is 11.9 Å². The molecule has 3 heteroatoms. The van der Waals surface area contributed by atoms with Crippen molar-refractivity contribution < 1.29 is 14.6 Å². The fourth-order valence-electron chi connectivity index (χ4n) is 2.05. The van der Waals surface area contributed by atoms with E-state index < -0.39 is 6.10 Å². The van der Waals surface area contributed by atoms with Crippen LogP contribution < -0.4 is 0 Å². The van der Waals surface area contributed by atoms with E-state index in [1.54, 1.807) is 0 Å². The Hall–Kier alpha value is -0.540. The molecule has 0 aliphatic carbocycles. The van der Waals surface area contributed by atoms with Crippen LogP contribution in [-0.2, 0) is 9.47 Å². The minimum absolute atomic E-state index is 0.327. The second kappa shape index (κ2) is 4.80. The quantitative estimate of drug-likeness (QED) is 0.730. The molecule has 1 atom stereocenters. The van der Waals surface area contributed by atoms with Crippen LogP contribution in [0.2, 0.25) is 0 Å². The van der Waals surface area contributed by atoms with E-state index in [0.717, 1.165) is 51.3 Å². The Morgan fingerprint density at radius 2 is 2.07 bits per heavy atom. The van der Waals surface area contributed by atoms with Gasteiger partial charge in [-0.25, -0.2) is 0 Å². The fraction of sp³-hybridized carbons (Fsp3) is 0.818. The Kier molecular flexibility index (Phi) is 3.43. The average molecular weight is 198 g/mol. The van der Waals surface area contributed by atoms with Crippen LogP contribution in [0, 0.1) is 5.92 Å². The largest absolute Gasteiger partial charge is 0.495 e. The average Bonchev–Trinajstić information content (AvgIpc) is 2.30. The fourth-order valence-corrected chi connectivity index (χ4v) is 2.05. The molecule has 0 spiro atoms. The summed E-state index contributed by atoms with van der Waals surface area (Å²) in [6.45, 7) is 2.30. The maximum absolute atomic E-state index is 10.0. The monoisotopic (exact) mass is 198 g/mol. The van der Waals surface area contributed by atoms with Crippen LogP contribution >= 0.6 is 0 Å². The van der Waals surface area contributed by atoms with Gasteiger partial charge in [-0.3, -0.25) is 0 Å². The summed E-state index contributed by atoms with van der Waals surface area (Å²) < 4.78 is 10.7. The Morgan fingerprint density at radius 3 is 2.71 bits per heavy atom. The molecule has 0 radical (unpaired) electrons. The zero-order valence-electron chi connectivity index (χ0n) is 8.45. The van der Waals surface area contributed by atoms with Gasteiger partial charge in [0.2, 0.25) is 0 Å². The lowest BCUT2D eigenvalue weighted by molar-refractivity contribution is -0.00498. The summed E-state index contributed by atoms with van der Waals surface area (Å²) in [5.41, 5.74) is 0. The molecule has 1 N–H and O–H groups in total. The number of hydrogen-bond donors (Lipinski definition) is 1. The third-order valence-electron chi connectivity index (χ3n) is 2.97. The Morgan fingerprint density at radius 1 is 1.29 bits per heavy atom. The molecule has 0 amide bonds. The molecule has 3 nitrogen and oxygen atoms in total. The molecule has 1 saturated heterocycles. The van der Waals surface area contributed by atoms with E-state index in [4.69, 9.17) is 9.47 Å². The molecule has 80 valence electrons. The van der Waals surface area contributed by atoms with Crippen LogP contribution in [-0.4, -0.2) is 31.0 Å². The van der Waals surface area contributed by atoms with Gasteiger partial charge in [-0.05, 0) is 37.7 Å². The summed E-state index contributed by atoms with van der Waals surface area (Å²) in [5.74, 6) is 1.12. The maximum Gasteiger partial charge on any atom is 0.121 e. The van der Waals surface area contributed by atoms with Gasteiger partial charge in [0, 0.05) is 13.2 Å². The third kappa shape index (κ3) is 2.28. The number of allylic oxidation sites excluding steroid dienone is 1. The summed E-state index contributed by atoms with van der Waals surface area (Å²) in [7, 11) is 0. The molecule has 14 heavy (non-hydrogen) atoms. The van der Waals surface area contributed by atoms with E-state index in [0.29, 0.717) is 5.92 Å². The molecule has 1 fully saturated rings. The second-order valence-electron chi connectivity index (χ2n) is 3.99. The van der Waals surface area contributed by atoms with Gasteiger partial charge in [-0.2, -0.15) is 0 Å². The molecule has 2 aliphatic rings. The van der Waals surface area contributed by atoms with Crippen molar-refractivity contribution in [1.82, 2.24) is 0 Å². The first-order valence-corrected chi connectivity index (χ1v) is 5.46. The zero-order chi connectivity index (χ0) is 9.80. The highest BCUT2D eigenvalue weighted by atomic mass is 16.5. The van der Waals surface area contributed by atoms with Crippen molar-refractivity contribution in [3.63, 3.8) is 0 Å². The minimum atomic E-state index is -0.404. The summed E-state index contributed by atoms with van der Waals surface area (Å²) in [5, 5.41) is 10.0. The Bertz CT molecular complexity index is 207. The smallest absolute Gasteiger partial charge is 0.121 e. The van der Waals surface area contributed by atoms with E-state index in [2.05, 4.69) is 0 Å². The van der Waals surface area contributed by atoms with Crippen molar-refractivity contribution in [1.29, 1.82) is 0 Å². The first-order valence-electron chi connectivity index (χ1n) is 5.46. The molecule has 0 aromatic heterocycles. The Labute approximate surface area is 84.7 Å².